The molecular formula is C12H14N2O2. The number of carboxylic acid groups (broad SMARTS) is 1. The topological polar surface area (TPSA) is 64.3 Å². The minimum Gasteiger partial charge on any atom is -0.480 e. The van der Waals surface area contributed by atoms with E-state index in [0.717, 1.165) is 5.56 Å². The Hall–Kier alpha value is -1.86. The molecule has 1 atom stereocenters. The Kier molecular flexibility index (Phi) is 4.03. The van der Waals surface area contributed by atoms with Crippen molar-refractivity contribution in [3.63, 3.8) is 0 Å². The average Bonchev–Trinajstić information content (AvgIpc) is 2.27. The molecule has 0 saturated heterocycles. The van der Waals surface area contributed by atoms with Crippen LogP contribution in [0.3, 0.4) is 0 Å². The van der Waals surface area contributed by atoms with Gasteiger partial charge in [-0.15, -0.1) is 0 Å². The van der Waals surface area contributed by atoms with Gasteiger partial charge in [0.2, 0.25) is 0 Å². The molecule has 0 heterocycles. The molecule has 0 aliphatic rings. The van der Waals surface area contributed by atoms with E-state index in [1.807, 2.05) is 25.1 Å². The summed E-state index contributed by atoms with van der Waals surface area (Å²) >= 11 is 0. The first-order chi connectivity index (χ1) is 7.54. The van der Waals surface area contributed by atoms with Crippen molar-refractivity contribution in [3.8, 4) is 6.07 Å². The van der Waals surface area contributed by atoms with Crippen LogP contribution in [0.15, 0.2) is 24.3 Å². The Morgan fingerprint density at radius 2 is 2.06 bits per heavy atom. The predicted molar refractivity (Wildman–Crippen MR) is 59.8 cm³/mol. The molecule has 4 nitrogen and oxygen atoms in total. The molecule has 0 radical (unpaired) electrons. The predicted octanol–water partition coefficient (Wildman–Crippen LogP) is 1.64. The Morgan fingerprint density at radius 3 is 2.50 bits per heavy atom. The van der Waals surface area contributed by atoms with E-state index in [9.17, 15) is 4.79 Å². The number of hydrogen-bond donors (Lipinski definition) is 1. The van der Waals surface area contributed by atoms with Crippen LogP contribution in [0.5, 0.6) is 0 Å². The summed E-state index contributed by atoms with van der Waals surface area (Å²) < 4.78 is 0. The summed E-state index contributed by atoms with van der Waals surface area (Å²) in [5.74, 6) is -0.844. The highest BCUT2D eigenvalue weighted by molar-refractivity contribution is 5.69. The number of benzene rings is 1. The van der Waals surface area contributed by atoms with Crippen LogP contribution in [0.4, 0.5) is 0 Å². The monoisotopic (exact) mass is 218 g/mol. The fourth-order valence-corrected chi connectivity index (χ4v) is 1.44. The number of carboxylic acids is 1. The van der Waals surface area contributed by atoms with Gasteiger partial charge < -0.3 is 5.11 Å². The van der Waals surface area contributed by atoms with Gasteiger partial charge in [-0.1, -0.05) is 12.1 Å². The molecule has 16 heavy (non-hydrogen) atoms. The number of aliphatic carboxylic acids is 1. The molecule has 1 N–H and O–H groups in total. The molecule has 1 aromatic carbocycles. The van der Waals surface area contributed by atoms with Crippen molar-refractivity contribution < 1.29 is 9.90 Å². The van der Waals surface area contributed by atoms with Gasteiger partial charge >= 0.3 is 5.97 Å². The third-order valence-corrected chi connectivity index (χ3v) is 2.57. The van der Waals surface area contributed by atoms with E-state index in [1.165, 1.54) is 0 Å². The van der Waals surface area contributed by atoms with Gasteiger partial charge in [0.05, 0.1) is 18.2 Å². The molecule has 0 aromatic heterocycles. The van der Waals surface area contributed by atoms with Crippen LogP contribution in [0.1, 0.15) is 24.1 Å². The van der Waals surface area contributed by atoms with Gasteiger partial charge in [-0.3, -0.25) is 9.69 Å². The van der Waals surface area contributed by atoms with Crippen molar-refractivity contribution in [1.29, 1.82) is 5.26 Å². The van der Waals surface area contributed by atoms with E-state index >= 15 is 0 Å². The van der Waals surface area contributed by atoms with Crippen molar-refractivity contribution in [2.24, 2.45) is 0 Å². The molecule has 0 bridgehead atoms. The molecule has 84 valence electrons. The van der Waals surface area contributed by atoms with Crippen molar-refractivity contribution in [2.45, 2.75) is 13.0 Å². The third-order valence-electron chi connectivity index (χ3n) is 2.57. The summed E-state index contributed by atoms with van der Waals surface area (Å²) in [7, 11) is 1.76. The number of nitriles is 1. The van der Waals surface area contributed by atoms with Gasteiger partial charge in [-0.05, 0) is 31.7 Å². The minimum absolute atomic E-state index is 0.00116. The Morgan fingerprint density at radius 1 is 1.50 bits per heavy atom. The number of rotatable bonds is 4. The van der Waals surface area contributed by atoms with Crippen molar-refractivity contribution in [1.82, 2.24) is 4.90 Å². The van der Waals surface area contributed by atoms with E-state index in [-0.39, 0.29) is 12.6 Å². The zero-order valence-electron chi connectivity index (χ0n) is 9.34. The maximum absolute atomic E-state index is 10.6. The molecule has 0 fully saturated rings. The molecule has 0 aliphatic heterocycles. The first-order valence-corrected chi connectivity index (χ1v) is 4.96. The van der Waals surface area contributed by atoms with Crippen LogP contribution in [0, 0.1) is 11.3 Å². The number of likely N-dealkylation sites (N-methyl/N-ethyl adjacent to an activating group) is 1. The summed E-state index contributed by atoms with van der Waals surface area (Å²) in [6.45, 7) is 1.94. The highest BCUT2D eigenvalue weighted by Crippen LogP contribution is 2.18. The number of carbonyl (C=O) groups is 1. The number of nitrogens with zero attached hydrogens (tertiary/aromatic N) is 2. The quantitative estimate of drug-likeness (QED) is 0.834. The lowest BCUT2D eigenvalue weighted by molar-refractivity contribution is -0.138. The second-order valence-electron chi connectivity index (χ2n) is 3.72. The Bertz CT molecular complexity index is 406. The van der Waals surface area contributed by atoms with E-state index in [4.69, 9.17) is 10.4 Å². The van der Waals surface area contributed by atoms with Crippen molar-refractivity contribution in [3.05, 3.63) is 35.4 Å². The fraction of sp³-hybridized carbons (Fsp3) is 0.333. The third kappa shape index (κ3) is 3.07. The summed E-state index contributed by atoms with van der Waals surface area (Å²) in [4.78, 5) is 12.3. The maximum atomic E-state index is 10.6. The molecule has 4 heteroatoms. The fourth-order valence-electron chi connectivity index (χ4n) is 1.44. The molecule has 1 rings (SSSR count). The molecule has 1 aromatic rings. The first kappa shape index (κ1) is 12.2. The smallest absolute Gasteiger partial charge is 0.317 e. The summed E-state index contributed by atoms with van der Waals surface area (Å²) in [5.41, 5.74) is 1.61. The molecular weight excluding hydrogens is 204 g/mol. The Labute approximate surface area is 94.7 Å². The highest BCUT2D eigenvalue weighted by atomic mass is 16.4. The van der Waals surface area contributed by atoms with Crippen LogP contribution < -0.4 is 0 Å². The number of hydrogen-bond acceptors (Lipinski definition) is 3. The second-order valence-corrected chi connectivity index (χ2v) is 3.72. The SMILES string of the molecule is CC(c1ccc(C#N)cc1)N(C)CC(=O)O. The normalized spacial score (nSPS) is 12.1. The van der Waals surface area contributed by atoms with Crippen molar-refractivity contribution >= 4 is 5.97 Å². The lowest BCUT2D eigenvalue weighted by atomic mass is 10.1. The van der Waals surface area contributed by atoms with Crippen LogP contribution in [0.2, 0.25) is 0 Å². The average molecular weight is 218 g/mol. The van der Waals surface area contributed by atoms with E-state index in [0.29, 0.717) is 5.56 Å². The Balaban J connectivity index is 2.76. The van der Waals surface area contributed by atoms with E-state index < -0.39 is 5.97 Å². The zero-order valence-corrected chi connectivity index (χ0v) is 9.34. The van der Waals surface area contributed by atoms with Gasteiger partial charge in [-0.25, -0.2) is 0 Å². The molecule has 0 aliphatic carbocycles. The maximum Gasteiger partial charge on any atom is 0.317 e. The first-order valence-electron chi connectivity index (χ1n) is 4.96. The van der Waals surface area contributed by atoms with Gasteiger partial charge in [0, 0.05) is 6.04 Å². The largest absolute Gasteiger partial charge is 0.480 e. The zero-order chi connectivity index (χ0) is 12.1. The molecule has 0 spiro atoms. The van der Waals surface area contributed by atoms with Crippen LogP contribution in [-0.2, 0) is 4.79 Å². The summed E-state index contributed by atoms with van der Waals surface area (Å²) in [6.07, 6.45) is 0. The van der Waals surface area contributed by atoms with E-state index in [2.05, 4.69) is 0 Å². The van der Waals surface area contributed by atoms with Gasteiger partial charge in [0.25, 0.3) is 0 Å². The summed E-state index contributed by atoms with van der Waals surface area (Å²) in [5, 5.41) is 17.3. The second kappa shape index (κ2) is 5.29. The molecule has 0 saturated carbocycles. The summed E-state index contributed by atoms with van der Waals surface area (Å²) in [6, 6.07) is 9.23. The van der Waals surface area contributed by atoms with Crippen molar-refractivity contribution in [2.75, 3.05) is 13.6 Å². The minimum atomic E-state index is -0.844. The van der Waals surface area contributed by atoms with Crippen LogP contribution in [0.25, 0.3) is 0 Å². The molecule has 1 unspecified atom stereocenters. The van der Waals surface area contributed by atoms with Gasteiger partial charge in [0.1, 0.15) is 0 Å². The standard InChI is InChI=1S/C12H14N2O2/c1-9(14(2)8-12(15)16)11-5-3-10(7-13)4-6-11/h3-6,9H,8H2,1-2H3,(H,15,16). The van der Waals surface area contributed by atoms with Gasteiger partial charge in [-0.2, -0.15) is 5.26 Å². The lowest BCUT2D eigenvalue weighted by Crippen LogP contribution is -2.28. The van der Waals surface area contributed by atoms with Crippen LogP contribution in [-0.4, -0.2) is 29.6 Å². The highest BCUT2D eigenvalue weighted by Gasteiger charge is 2.13. The van der Waals surface area contributed by atoms with Gasteiger partial charge in [0.15, 0.2) is 0 Å². The molecule has 0 amide bonds. The van der Waals surface area contributed by atoms with E-state index in [1.54, 1.807) is 24.1 Å². The lowest BCUT2D eigenvalue weighted by Gasteiger charge is -2.23. The van der Waals surface area contributed by atoms with Crippen LogP contribution >= 0.6 is 0 Å².